The molecule has 1 amide bonds. The van der Waals surface area contributed by atoms with Gasteiger partial charge in [-0.1, -0.05) is 24.3 Å². The van der Waals surface area contributed by atoms with Gasteiger partial charge in [-0.15, -0.1) is 0 Å². The van der Waals surface area contributed by atoms with Crippen LogP contribution in [-0.4, -0.2) is 76.0 Å². The van der Waals surface area contributed by atoms with Crippen LogP contribution < -0.4 is 0 Å². The van der Waals surface area contributed by atoms with Gasteiger partial charge in [0.25, 0.3) is 0 Å². The predicted molar refractivity (Wildman–Crippen MR) is 150 cm³/mol. The van der Waals surface area contributed by atoms with Crippen LogP contribution in [0.1, 0.15) is 84.4 Å². The molecule has 0 atom stereocenters. The largest absolute Gasteiger partial charge is 0.459 e. The number of carbonyl (C=O) groups is 2. The SMILES string of the molecule is CC(C)(C)OC(=O)CN1CCC(c2[nH]nc3cc(/C=C/C4CCN(C(=O)OC(C)(C)C)CC4)ccc23)CC1. The van der Waals surface area contributed by atoms with Gasteiger partial charge in [-0.25, -0.2) is 4.79 Å². The quantitative estimate of drug-likeness (QED) is 0.502. The number of ether oxygens (including phenoxy) is 2. The van der Waals surface area contributed by atoms with Crippen molar-refractivity contribution in [3.8, 4) is 0 Å². The standard InChI is InChI=1S/C30H44N4O4/c1-29(2,3)37-26(35)20-33-15-13-23(14-16-33)27-24-10-9-22(19-25(24)31-32-27)8-7-21-11-17-34(18-12-21)28(36)38-30(4,5)6/h7-10,19,21,23H,11-18,20H2,1-6H3,(H,31,32)/b8-7+. The minimum Gasteiger partial charge on any atom is -0.459 e. The van der Waals surface area contributed by atoms with Crippen molar-refractivity contribution < 1.29 is 19.1 Å². The fourth-order valence-corrected chi connectivity index (χ4v) is 5.25. The van der Waals surface area contributed by atoms with Crippen LogP contribution in [0.5, 0.6) is 0 Å². The Balaban J connectivity index is 1.29. The van der Waals surface area contributed by atoms with Gasteiger partial charge >= 0.3 is 12.1 Å². The average molecular weight is 525 g/mol. The number of allylic oxidation sites excluding steroid dienone is 1. The minimum absolute atomic E-state index is 0.155. The van der Waals surface area contributed by atoms with E-state index in [0.29, 0.717) is 18.4 Å². The van der Waals surface area contributed by atoms with Crippen LogP contribution >= 0.6 is 0 Å². The van der Waals surface area contributed by atoms with Crippen LogP contribution in [-0.2, 0) is 14.3 Å². The number of carbonyl (C=O) groups excluding carboxylic acids is 2. The van der Waals surface area contributed by atoms with Crippen molar-refractivity contribution in [2.75, 3.05) is 32.7 Å². The molecule has 2 fully saturated rings. The number of aromatic amines is 1. The molecule has 2 aromatic rings. The molecular formula is C30H44N4O4. The summed E-state index contributed by atoms with van der Waals surface area (Å²) in [6, 6.07) is 6.47. The van der Waals surface area contributed by atoms with E-state index in [2.05, 4.69) is 45.4 Å². The summed E-state index contributed by atoms with van der Waals surface area (Å²) in [6.07, 6.45) is 8.09. The summed E-state index contributed by atoms with van der Waals surface area (Å²) in [5, 5.41) is 9.09. The number of H-pyrrole nitrogens is 1. The Hall–Kier alpha value is -2.87. The molecule has 8 nitrogen and oxygen atoms in total. The lowest BCUT2D eigenvalue weighted by Gasteiger charge is -2.32. The van der Waals surface area contributed by atoms with E-state index in [1.807, 2.05) is 46.4 Å². The molecule has 1 N–H and O–H groups in total. The van der Waals surface area contributed by atoms with Crippen molar-refractivity contribution in [1.82, 2.24) is 20.0 Å². The molecule has 2 saturated heterocycles. The lowest BCUT2D eigenvalue weighted by atomic mass is 9.91. The average Bonchev–Trinajstić information content (AvgIpc) is 3.24. The third kappa shape index (κ3) is 7.82. The van der Waals surface area contributed by atoms with Gasteiger partial charge in [-0.05, 0) is 97.9 Å². The molecule has 1 aromatic carbocycles. The molecule has 1 aromatic heterocycles. The maximum atomic E-state index is 12.3. The molecule has 3 heterocycles. The van der Waals surface area contributed by atoms with E-state index in [0.717, 1.165) is 62.9 Å². The number of likely N-dealkylation sites (tertiary alicyclic amines) is 2. The molecule has 208 valence electrons. The third-order valence-electron chi connectivity index (χ3n) is 7.13. The molecule has 0 bridgehead atoms. The van der Waals surface area contributed by atoms with Gasteiger partial charge in [-0.2, -0.15) is 5.10 Å². The number of hydrogen-bond donors (Lipinski definition) is 1. The number of amides is 1. The molecule has 0 unspecified atom stereocenters. The van der Waals surface area contributed by atoms with Crippen molar-refractivity contribution in [2.24, 2.45) is 5.92 Å². The van der Waals surface area contributed by atoms with Crippen molar-refractivity contribution in [1.29, 1.82) is 0 Å². The molecule has 8 heteroatoms. The lowest BCUT2D eigenvalue weighted by molar-refractivity contribution is -0.156. The zero-order valence-electron chi connectivity index (χ0n) is 23.9. The number of benzene rings is 1. The smallest absolute Gasteiger partial charge is 0.410 e. The Morgan fingerprint density at radius 1 is 0.974 bits per heavy atom. The highest BCUT2D eigenvalue weighted by Crippen LogP contribution is 2.32. The van der Waals surface area contributed by atoms with Gasteiger partial charge in [-0.3, -0.25) is 14.8 Å². The summed E-state index contributed by atoms with van der Waals surface area (Å²) in [7, 11) is 0. The predicted octanol–water partition coefficient (Wildman–Crippen LogP) is 5.74. The normalized spacial score (nSPS) is 18.8. The van der Waals surface area contributed by atoms with Gasteiger partial charge in [0.1, 0.15) is 11.2 Å². The number of aromatic nitrogens is 2. The van der Waals surface area contributed by atoms with E-state index in [4.69, 9.17) is 9.47 Å². The number of piperidine rings is 2. The highest BCUT2D eigenvalue weighted by Gasteiger charge is 2.27. The second kappa shape index (κ2) is 11.5. The number of fused-ring (bicyclic) bond motifs is 1. The van der Waals surface area contributed by atoms with E-state index in [9.17, 15) is 9.59 Å². The highest BCUT2D eigenvalue weighted by molar-refractivity contribution is 5.84. The van der Waals surface area contributed by atoms with Crippen LogP contribution in [0, 0.1) is 5.92 Å². The van der Waals surface area contributed by atoms with Crippen molar-refractivity contribution in [3.63, 3.8) is 0 Å². The Morgan fingerprint density at radius 2 is 1.63 bits per heavy atom. The summed E-state index contributed by atoms with van der Waals surface area (Å²) in [5.41, 5.74) is 2.41. The molecule has 4 rings (SSSR count). The van der Waals surface area contributed by atoms with Gasteiger partial charge in [0.2, 0.25) is 0 Å². The van der Waals surface area contributed by atoms with Crippen LogP contribution in [0.25, 0.3) is 17.0 Å². The first-order valence-electron chi connectivity index (χ1n) is 13.9. The van der Waals surface area contributed by atoms with Gasteiger partial charge in [0.15, 0.2) is 0 Å². The number of nitrogens with zero attached hydrogens (tertiary/aromatic N) is 3. The van der Waals surface area contributed by atoms with E-state index < -0.39 is 11.2 Å². The Morgan fingerprint density at radius 3 is 2.26 bits per heavy atom. The van der Waals surface area contributed by atoms with Gasteiger partial charge in [0.05, 0.1) is 12.1 Å². The fourth-order valence-electron chi connectivity index (χ4n) is 5.25. The fraction of sp³-hybridized carbons (Fsp3) is 0.633. The molecular weight excluding hydrogens is 480 g/mol. The topological polar surface area (TPSA) is 87.8 Å². The Bertz CT molecular complexity index is 1140. The molecule has 2 aliphatic heterocycles. The number of hydrogen-bond acceptors (Lipinski definition) is 6. The van der Waals surface area contributed by atoms with Crippen LogP contribution in [0.3, 0.4) is 0 Å². The van der Waals surface area contributed by atoms with E-state index in [1.54, 1.807) is 0 Å². The summed E-state index contributed by atoms with van der Waals surface area (Å²) in [6.45, 7) is 15.0. The maximum Gasteiger partial charge on any atom is 0.410 e. The Labute approximate surface area is 226 Å². The highest BCUT2D eigenvalue weighted by atomic mass is 16.6. The summed E-state index contributed by atoms with van der Waals surface area (Å²) in [4.78, 5) is 28.5. The monoisotopic (exact) mass is 524 g/mol. The Kier molecular flexibility index (Phi) is 8.50. The molecule has 0 aliphatic carbocycles. The molecule has 0 radical (unpaired) electrons. The zero-order valence-corrected chi connectivity index (χ0v) is 23.9. The number of nitrogens with one attached hydrogen (secondary N) is 1. The molecule has 38 heavy (non-hydrogen) atoms. The van der Waals surface area contributed by atoms with Crippen molar-refractivity contribution in [3.05, 3.63) is 35.5 Å². The number of esters is 1. The van der Waals surface area contributed by atoms with Crippen LogP contribution in [0.2, 0.25) is 0 Å². The van der Waals surface area contributed by atoms with Crippen LogP contribution in [0.4, 0.5) is 4.79 Å². The van der Waals surface area contributed by atoms with Gasteiger partial charge in [0, 0.05) is 30.1 Å². The van der Waals surface area contributed by atoms with E-state index in [-0.39, 0.29) is 12.1 Å². The molecule has 0 spiro atoms. The second-order valence-corrected chi connectivity index (χ2v) is 12.7. The first-order chi connectivity index (χ1) is 17.9. The molecule has 2 aliphatic rings. The maximum absolute atomic E-state index is 12.3. The molecule has 0 saturated carbocycles. The number of rotatable bonds is 5. The minimum atomic E-state index is -0.461. The zero-order chi connectivity index (χ0) is 27.5. The summed E-state index contributed by atoms with van der Waals surface area (Å²) < 4.78 is 11.0. The summed E-state index contributed by atoms with van der Waals surface area (Å²) in [5.74, 6) is 0.702. The van der Waals surface area contributed by atoms with E-state index in [1.165, 1.54) is 11.1 Å². The first kappa shape index (κ1) is 28.1. The van der Waals surface area contributed by atoms with Gasteiger partial charge < -0.3 is 14.4 Å². The first-order valence-corrected chi connectivity index (χ1v) is 13.9. The van der Waals surface area contributed by atoms with Crippen molar-refractivity contribution in [2.45, 2.75) is 84.3 Å². The van der Waals surface area contributed by atoms with E-state index >= 15 is 0 Å². The summed E-state index contributed by atoms with van der Waals surface area (Å²) >= 11 is 0. The third-order valence-corrected chi connectivity index (χ3v) is 7.13. The van der Waals surface area contributed by atoms with Crippen LogP contribution in [0.15, 0.2) is 24.3 Å². The second-order valence-electron chi connectivity index (χ2n) is 12.7. The lowest BCUT2D eigenvalue weighted by Crippen LogP contribution is -2.41. The van der Waals surface area contributed by atoms with Crippen molar-refractivity contribution >= 4 is 29.0 Å².